The van der Waals surface area contributed by atoms with E-state index < -0.39 is 0 Å². The molecule has 2 saturated heterocycles. The number of amides is 1. The number of carbonyl (C=O) groups is 1. The van der Waals surface area contributed by atoms with Crippen LogP contribution in [0.15, 0.2) is 29.3 Å². The molecule has 7 nitrogen and oxygen atoms in total. The molecule has 0 atom stereocenters. The number of benzene rings is 1. The van der Waals surface area contributed by atoms with Crippen LogP contribution in [-0.4, -0.2) is 86.0 Å². The Morgan fingerprint density at radius 3 is 2.55 bits per heavy atom. The number of likely N-dealkylation sites (N-methyl/N-ethyl adjacent to an activating group) is 1. The Morgan fingerprint density at radius 2 is 1.81 bits per heavy atom. The Kier molecular flexibility index (Phi) is 9.62. The average molecular weight is 429 g/mol. The summed E-state index contributed by atoms with van der Waals surface area (Å²) in [6.07, 6.45) is 3.91. The van der Waals surface area contributed by atoms with Gasteiger partial charge in [0, 0.05) is 52.2 Å². The van der Waals surface area contributed by atoms with Crippen LogP contribution in [0.5, 0.6) is 0 Å². The molecule has 2 N–H and O–H groups in total. The number of hydrogen-bond donors (Lipinski definition) is 2. The van der Waals surface area contributed by atoms with E-state index in [2.05, 4.69) is 58.7 Å². The molecule has 2 aliphatic heterocycles. The van der Waals surface area contributed by atoms with Crippen LogP contribution in [0.1, 0.15) is 43.7 Å². The molecule has 3 rings (SSSR count). The van der Waals surface area contributed by atoms with Gasteiger partial charge in [0.25, 0.3) is 0 Å². The largest absolute Gasteiger partial charge is 0.357 e. The minimum atomic E-state index is 0.298. The maximum Gasteiger partial charge on any atom is 0.222 e. The number of aliphatic imine (C=N–C) groups is 1. The lowest BCUT2D eigenvalue weighted by Gasteiger charge is -2.20. The molecular weight excluding hydrogens is 388 g/mol. The van der Waals surface area contributed by atoms with Crippen molar-refractivity contribution in [2.45, 2.75) is 45.7 Å². The molecule has 1 aromatic carbocycles. The first-order chi connectivity index (χ1) is 15.1. The van der Waals surface area contributed by atoms with E-state index in [1.165, 1.54) is 30.6 Å². The normalized spacial score (nSPS) is 19.0. The fourth-order valence-electron chi connectivity index (χ4n) is 4.20. The summed E-state index contributed by atoms with van der Waals surface area (Å²) in [5.74, 6) is 1.14. The van der Waals surface area contributed by atoms with Gasteiger partial charge in [-0.15, -0.1) is 0 Å². The summed E-state index contributed by atoms with van der Waals surface area (Å²) in [5.41, 5.74) is 2.60. The van der Waals surface area contributed by atoms with E-state index in [4.69, 9.17) is 4.99 Å². The standard InChI is InChI=1S/C24H40N6O/c1-3-25-24(26-12-5-16-30-15-4-7-23(30)31)27-19-21-8-10-22(11-9-21)20-29-14-6-13-28(2)17-18-29/h8-11H,3-7,12-20H2,1-2H3,(H2,25,26,27). The molecule has 0 unspecified atom stereocenters. The van der Waals surface area contributed by atoms with Crippen LogP contribution in [0.25, 0.3) is 0 Å². The van der Waals surface area contributed by atoms with Gasteiger partial charge in [0.2, 0.25) is 5.91 Å². The molecule has 2 aliphatic rings. The topological polar surface area (TPSA) is 63.2 Å². The van der Waals surface area contributed by atoms with Crippen LogP contribution in [0.3, 0.4) is 0 Å². The number of nitrogens with one attached hydrogen (secondary N) is 2. The molecule has 0 aliphatic carbocycles. The zero-order chi connectivity index (χ0) is 21.9. The van der Waals surface area contributed by atoms with E-state index in [1.54, 1.807) is 0 Å². The van der Waals surface area contributed by atoms with Crippen molar-refractivity contribution >= 4 is 11.9 Å². The third-order valence-electron chi connectivity index (χ3n) is 6.07. The molecule has 0 bridgehead atoms. The summed E-state index contributed by atoms with van der Waals surface area (Å²) in [6.45, 7) is 11.8. The number of rotatable bonds is 9. The van der Waals surface area contributed by atoms with Gasteiger partial charge in [-0.2, -0.15) is 0 Å². The monoisotopic (exact) mass is 428 g/mol. The second-order valence-electron chi connectivity index (χ2n) is 8.71. The van der Waals surface area contributed by atoms with Crippen LogP contribution in [0, 0.1) is 0 Å². The Hall–Kier alpha value is -2.12. The van der Waals surface area contributed by atoms with Crippen LogP contribution >= 0.6 is 0 Å². The van der Waals surface area contributed by atoms with Gasteiger partial charge in [0.15, 0.2) is 5.96 Å². The van der Waals surface area contributed by atoms with Crippen LogP contribution < -0.4 is 10.6 Å². The first-order valence-corrected chi connectivity index (χ1v) is 11.9. The van der Waals surface area contributed by atoms with Crippen molar-refractivity contribution in [3.05, 3.63) is 35.4 Å². The number of carbonyl (C=O) groups excluding carboxylic acids is 1. The molecule has 0 aromatic heterocycles. The summed E-state index contributed by atoms with van der Waals surface area (Å²) >= 11 is 0. The van der Waals surface area contributed by atoms with Crippen LogP contribution in [0.4, 0.5) is 0 Å². The quantitative estimate of drug-likeness (QED) is 0.357. The van der Waals surface area contributed by atoms with Crippen molar-refractivity contribution in [2.24, 2.45) is 4.99 Å². The van der Waals surface area contributed by atoms with Crippen molar-refractivity contribution in [1.29, 1.82) is 0 Å². The summed E-state index contributed by atoms with van der Waals surface area (Å²) in [7, 11) is 2.21. The van der Waals surface area contributed by atoms with E-state index in [0.717, 1.165) is 64.6 Å². The van der Waals surface area contributed by atoms with Crippen molar-refractivity contribution in [3.8, 4) is 0 Å². The van der Waals surface area contributed by atoms with E-state index in [1.807, 2.05) is 4.90 Å². The Bertz CT molecular complexity index is 705. The average Bonchev–Trinajstić information content (AvgIpc) is 3.07. The van der Waals surface area contributed by atoms with Crippen LogP contribution in [0.2, 0.25) is 0 Å². The van der Waals surface area contributed by atoms with Gasteiger partial charge < -0.3 is 20.4 Å². The lowest BCUT2D eigenvalue weighted by atomic mass is 10.1. The van der Waals surface area contributed by atoms with Gasteiger partial charge in [-0.05, 0) is 57.5 Å². The molecule has 1 amide bonds. The lowest BCUT2D eigenvalue weighted by molar-refractivity contribution is -0.127. The second kappa shape index (κ2) is 12.7. The zero-order valence-corrected chi connectivity index (χ0v) is 19.4. The molecule has 7 heteroatoms. The van der Waals surface area contributed by atoms with Crippen LogP contribution in [-0.2, 0) is 17.9 Å². The highest BCUT2D eigenvalue weighted by Crippen LogP contribution is 2.11. The van der Waals surface area contributed by atoms with E-state index in [-0.39, 0.29) is 0 Å². The number of guanidine groups is 1. The Morgan fingerprint density at radius 1 is 1.00 bits per heavy atom. The predicted molar refractivity (Wildman–Crippen MR) is 127 cm³/mol. The molecule has 1 aromatic rings. The summed E-state index contributed by atoms with van der Waals surface area (Å²) < 4.78 is 0. The molecule has 2 fully saturated rings. The summed E-state index contributed by atoms with van der Waals surface area (Å²) in [5, 5.41) is 6.71. The van der Waals surface area contributed by atoms with Crippen molar-refractivity contribution in [3.63, 3.8) is 0 Å². The second-order valence-corrected chi connectivity index (χ2v) is 8.71. The van der Waals surface area contributed by atoms with E-state index in [9.17, 15) is 4.79 Å². The highest BCUT2D eigenvalue weighted by atomic mass is 16.2. The zero-order valence-electron chi connectivity index (χ0n) is 19.4. The third-order valence-corrected chi connectivity index (χ3v) is 6.07. The van der Waals surface area contributed by atoms with Crippen molar-refractivity contribution < 1.29 is 4.79 Å². The molecule has 2 heterocycles. The smallest absolute Gasteiger partial charge is 0.222 e. The highest BCUT2D eigenvalue weighted by molar-refractivity contribution is 5.79. The SMILES string of the molecule is CCNC(=NCc1ccc(CN2CCCN(C)CC2)cc1)NCCCN1CCCC1=O. The maximum atomic E-state index is 11.7. The number of hydrogen-bond acceptors (Lipinski definition) is 4. The lowest BCUT2D eigenvalue weighted by Crippen LogP contribution is -2.39. The minimum Gasteiger partial charge on any atom is -0.357 e. The van der Waals surface area contributed by atoms with Crippen molar-refractivity contribution in [2.75, 3.05) is 59.4 Å². The summed E-state index contributed by atoms with van der Waals surface area (Å²) in [4.78, 5) is 23.4. The first-order valence-electron chi connectivity index (χ1n) is 11.9. The minimum absolute atomic E-state index is 0.298. The van der Waals surface area contributed by atoms with Crippen molar-refractivity contribution in [1.82, 2.24) is 25.3 Å². The molecule has 0 saturated carbocycles. The van der Waals surface area contributed by atoms with Gasteiger partial charge in [-0.3, -0.25) is 9.69 Å². The van der Waals surface area contributed by atoms with Gasteiger partial charge >= 0.3 is 0 Å². The van der Waals surface area contributed by atoms with E-state index >= 15 is 0 Å². The third kappa shape index (κ3) is 8.15. The summed E-state index contributed by atoms with van der Waals surface area (Å²) in [6, 6.07) is 8.89. The predicted octanol–water partition coefficient (Wildman–Crippen LogP) is 1.89. The maximum absolute atomic E-state index is 11.7. The number of likely N-dealkylation sites (tertiary alicyclic amines) is 1. The molecule has 0 radical (unpaired) electrons. The van der Waals surface area contributed by atoms with Gasteiger partial charge in [0.05, 0.1) is 6.54 Å². The Balaban J connectivity index is 1.42. The first kappa shape index (κ1) is 23.5. The molecular formula is C24H40N6O. The fraction of sp³-hybridized carbons (Fsp3) is 0.667. The fourth-order valence-corrected chi connectivity index (χ4v) is 4.20. The van der Waals surface area contributed by atoms with E-state index in [0.29, 0.717) is 18.9 Å². The van der Waals surface area contributed by atoms with Gasteiger partial charge in [-0.1, -0.05) is 24.3 Å². The molecule has 31 heavy (non-hydrogen) atoms. The molecule has 172 valence electrons. The molecule has 0 spiro atoms. The Labute approximate surface area is 187 Å². The van der Waals surface area contributed by atoms with Gasteiger partial charge in [0.1, 0.15) is 0 Å². The highest BCUT2D eigenvalue weighted by Gasteiger charge is 2.19. The number of nitrogens with zero attached hydrogens (tertiary/aromatic N) is 4. The van der Waals surface area contributed by atoms with Gasteiger partial charge in [-0.25, -0.2) is 4.99 Å².